The maximum absolute atomic E-state index is 5.51. The van der Waals surface area contributed by atoms with Crippen LogP contribution in [0.25, 0.3) is 0 Å². The molecule has 2 nitrogen and oxygen atoms in total. The van der Waals surface area contributed by atoms with Gasteiger partial charge in [0.05, 0.1) is 13.2 Å². The number of rotatable bonds is 9. The summed E-state index contributed by atoms with van der Waals surface area (Å²) in [6, 6.07) is 8.49. The van der Waals surface area contributed by atoms with Gasteiger partial charge in [0.1, 0.15) is 0 Å². The van der Waals surface area contributed by atoms with Crippen LogP contribution in [0.2, 0.25) is 0 Å². The first-order valence-electron chi connectivity index (χ1n) is 6.13. The lowest BCUT2D eigenvalue weighted by Gasteiger charge is -2.14. The molecule has 1 unspecified atom stereocenters. The van der Waals surface area contributed by atoms with Gasteiger partial charge < -0.3 is 9.47 Å². The largest absolute Gasteiger partial charge is 0.382 e. The summed E-state index contributed by atoms with van der Waals surface area (Å²) in [5, 5.41) is 1.01. The number of alkyl halides is 1. The van der Waals surface area contributed by atoms with E-state index in [4.69, 9.17) is 9.47 Å². The van der Waals surface area contributed by atoms with Crippen molar-refractivity contribution >= 4 is 31.9 Å². The average Bonchev–Trinajstić information content (AvgIpc) is 2.37. The topological polar surface area (TPSA) is 18.5 Å². The molecule has 0 radical (unpaired) electrons. The van der Waals surface area contributed by atoms with Gasteiger partial charge in [-0.05, 0) is 36.5 Å². The van der Waals surface area contributed by atoms with Gasteiger partial charge in [-0.25, -0.2) is 0 Å². The molecule has 0 aliphatic rings. The Labute approximate surface area is 126 Å². The normalized spacial score (nSPS) is 12.6. The van der Waals surface area contributed by atoms with Gasteiger partial charge in [-0.1, -0.05) is 44.0 Å². The highest BCUT2D eigenvalue weighted by Crippen LogP contribution is 2.18. The molecule has 0 amide bonds. The van der Waals surface area contributed by atoms with Crippen molar-refractivity contribution in [2.24, 2.45) is 5.92 Å². The van der Waals surface area contributed by atoms with E-state index in [0.717, 1.165) is 29.3 Å². The van der Waals surface area contributed by atoms with E-state index in [1.165, 1.54) is 5.56 Å². The summed E-state index contributed by atoms with van der Waals surface area (Å²) >= 11 is 7.09. The highest BCUT2D eigenvalue weighted by molar-refractivity contribution is 9.10. The first-order valence-corrected chi connectivity index (χ1v) is 8.04. The standard InChI is InChI=1S/C14H20Br2O2/c1-17-7-8-18-6-5-13(11-15)9-12-3-2-4-14(16)10-12/h2-4,10,13H,5-9,11H2,1H3. The molecule has 1 aromatic carbocycles. The summed E-state index contributed by atoms with van der Waals surface area (Å²) in [6.07, 6.45) is 2.15. The van der Waals surface area contributed by atoms with Crippen molar-refractivity contribution in [3.8, 4) is 0 Å². The number of halogens is 2. The first-order chi connectivity index (χ1) is 8.76. The summed E-state index contributed by atoms with van der Waals surface area (Å²) in [7, 11) is 1.69. The quantitative estimate of drug-likeness (QED) is 0.475. The van der Waals surface area contributed by atoms with Crippen LogP contribution in [-0.4, -0.2) is 32.3 Å². The summed E-state index contributed by atoms with van der Waals surface area (Å²) in [5.74, 6) is 0.613. The van der Waals surface area contributed by atoms with Gasteiger partial charge in [-0.3, -0.25) is 0 Å². The zero-order chi connectivity index (χ0) is 13.2. The molecular formula is C14H20Br2O2. The Morgan fingerprint density at radius 2 is 2.06 bits per heavy atom. The second-order valence-corrected chi connectivity index (χ2v) is 5.81. The Morgan fingerprint density at radius 3 is 2.72 bits per heavy atom. The molecule has 0 spiro atoms. The number of hydrogen-bond acceptors (Lipinski definition) is 2. The number of ether oxygens (including phenoxy) is 2. The lowest BCUT2D eigenvalue weighted by Crippen LogP contribution is -2.11. The molecule has 1 atom stereocenters. The number of hydrogen-bond donors (Lipinski definition) is 0. The van der Waals surface area contributed by atoms with Gasteiger partial charge in [0.25, 0.3) is 0 Å². The van der Waals surface area contributed by atoms with Crippen molar-refractivity contribution in [3.63, 3.8) is 0 Å². The van der Waals surface area contributed by atoms with Crippen molar-refractivity contribution in [3.05, 3.63) is 34.3 Å². The lowest BCUT2D eigenvalue weighted by molar-refractivity contribution is 0.0648. The van der Waals surface area contributed by atoms with Gasteiger partial charge in [0.15, 0.2) is 0 Å². The fourth-order valence-electron chi connectivity index (χ4n) is 1.73. The highest BCUT2D eigenvalue weighted by Gasteiger charge is 2.08. The molecule has 0 aromatic heterocycles. The summed E-state index contributed by atoms with van der Waals surface area (Å²) in [6.45, 7) is 2.15. The van der Waals surface area contributed by atoms with Crippen LogP contribution in [0, 0.1) is 5.92 Å². The maximum Gasteiger partial charge on any atom is 0.0700 e. The Morgan fingerprint density at radius 1 is 1.22 bits per heavy atom. The lowest BCUT2D eigenvalue weighted by atomic mass is 9.98. The third-order valence-corrected chi connectivity index (χ3v) is 4.14. The fourth-order valence-corrected chi connectivity index (χ4v) is 2.72. The van der Waals surface area contributed by atoms with Crippen LogP contribution >= 0.6 is 31.9 Å². The summed E-state index contributed by atoms with van der Waals surface area (Å²) < 4.78 is 11.6. The first kappa shape index (κ1) is 16.2. The minimum atomic E-state index is 0.613. The molecule has 18 heavy (non-hydrogen) atoms. The number of methoxy groups -OCH3 is 1. The van der Waals surface area contributed by atoms with Crippen LogP contribution in [0.3, 0.4) is 0 Å². The van der Waals surface area contributed by atoms with Crippen molar-refractivity contribution in [1.82, 2.24) is 0 Å². The van der Waals surface area contributed by atoms with Crippen molar-refractivity contribution < 1.29 is 9.47 Å². The third-order valence-electron chi connectivity index (χ3n) is 2.73. The molecule has 0 aliphatic carbocycles. The highest BCUT2D eigenvalue weighted by atomic mass is 79.9. The van der Waals surface area contributed by atoms with Crippen LogP contribution in [0.1, 0.15) is 12.0 Å². The van der Waals surface area contributed by atoms with Crippen LogP contribution in [0.4, 0.5) is 0 Å². The van der Waals surface area contributed by atoms with E-state index < -0.39 is 0 Å². The third kappa shape index (κ3) is 6.88. The van der Waals surface area contributed by atoms with Gasteiger partial charge in [0, 0.05) is 23.5 Å². The zero-order valence-electron chi connectivity index (χ0n) is 10.7. The maximum atomic E-state index is 5.51. The van der Waals surface area contributed by atoms with E-state index in [9.17, 15) is 0 Å². The minimum Gasteiger partial charge on any atom is -0.382 e. The van der Waals surface area contributed by atoms with Gasteiger partial charge in [-0.15, -0.1) is 0 Å². The minimum absolute atomic E-state index is 0.613. The molecule has 0 saturated heterocycles. The molecule has 0 heterocycles. The Kier molecular flexibility index (Phi) is 8.94. The van der Waals surface area contributed by atoms with Crippen molar-refractivity contribution in [2.75, 3.05) is 32.3 Å². The van der Waals surface area contributed by atoms with Crippen molar-refractivity contribution in [2.45, 2.75) is 12.8 Å². The van der Waals surface area contributed by atoms with Crippen molar-refractivity contribution in [1.29, 1.82) is 0 Å². The Bertz CT molecular complexity index is 331. The number of benzene rings is 1. The van der Waals surface area contributed by atoms with Crippen LogP contribution in [-0.2, 0) is 15.9 Å². The van der Waals surface area contributed by atoms with Gasteiger partial charge >= 0.3 is 0 Å². The summed E-state index contributed by atoms with van der Waals surface area (Å²) in [5.41, 5.74) is 1.37. The average molecular weight is 380 g/mol. The molecule has 0 saturated carbocycles. The van der Waals surface area contributed by atoms with E-state index in [2.05, 4.69) is 56.1 Å². The monoisotopic (exact) mass is 378 g/mol. The van der Waals surface area contributed by atoms with Gasteiger partial charge in [0.2, 0.25) is 0 Å². The van der Waals surface area contributed by atoms with E-state index in [1.807, 2.05) is 0 Å². The zero-order valence-corrected chi connectivity index (χ0v) is 13.9. The molecule has 0 N–H and O–H groups in total. The predicted octanol–water partition coefficient (Wildman–Crippen LogP) is 4.06. The Hall–Kier alpha value is 0.1000. The van der Waals surface area contributed by atoms with E-state index >= 15 is 0 Å². The molecule has 0 bridgehead atoms. The smallest absolute Gasteiger partial charge is 0.0700 e. The molecular weight excluding hydrogens is 360 g/mol. The van der Waals surface area contributed by atoms with Crippen LogP contribution in [0.15, 0.2) is 28.7 Å². The summed E-state index contributed by atoms with van der Waals surface area (Å²) in [4.78, 5) is 0. The second-order valence-electron chi connectivity index (χ2n) is 4.25. The second kappa shape index (κ2) is 9.96. The van der Waals surface area contributed by atoms with E-state index in [0.29, 0.717) is 19.1 Å². The molecule has 0 fully saturated rings. The molecule has 102 valence electrons. The predicted molar refractivity (Wildman–Crippen MR) is 82.4 cm³/mol. The fraction of sp³-hybridized carbons (Fsp3) is 0.571. The molecule has 1 aromatic rings. The SMILES string of the molecule is COCCOCCC(CBr)Cc1cccc(Br)c1. The molecule has 0 aliphatic heterocycles. The van der Waals surface area contributed by atoms with Crippen LogP contribution < -0.4 is 0 Å². The molecule has 4 heteroatoms. The molecule has 1 rings (SSSR count). The Balaban J connectivity index is 2.28. The van der Waals surface area contributed by atoms with E-state index in [-0.39, 0.29) is 0 Å². The van der Waals surface area contributed by atoms with Crippen LogP contribution in [0.5, 0.6) is 0 Å². The van der Waals surface area contributed by atoms with Gasteiger partial charge in [-0.2, -0.15) is 0 Å². The van der Waals surface area contributed by atoms with E-state index in [1.54, 1.807) is 7.11 Å².